The number of aliphatic hydroxyl groups excluding tert-OH is 1. The Hall–Kier alpha value is -1.43. The number of hydrogen-bond acceptors (Lipinski definition) is 4. The van der Waals surface area contributed by atoms with Crippen molar-refractivity contribution in [1.29, 1.82) is 0 Å². The molecule has 1 saturated carbocycles. The molecule has 0 aromatic carbocycles. The molecule has 1 aliphatic rings. The number of aryl methyl sites for hydroxylation is 1. The zero-order chi connectivity index (χ0) is 13.7. The van der Waals surface area contributed by atoms with Crippen LogP contribution in [0, 0.1) is 5.41 Å². The molecule has 0 aliphatic heterocycles. The molecule has 2 atom stereocenters. The van der Waals surface area contributed by atoms with E-state index >= 15 is 0 Å². The Morgan fingerprint density at radius 1 is 1.63 bits per heavy atom. The van der Waals surface area contributed by atoms with E-state index in [2.05, 4.69) is 15.4 Å². The molecule has 1 aromatic heterocycles. The highest BCUT2D eigenvalue weighted by Crippen LogP contribution is 2.37. The zero-order valence-corrected chi connectivity index (χ0v) is 11.4. The van der Waals surface area contributed by atoms with Crippen LogP contribution in [0.25, 0.3) is 0 Å². The first-order valence-corrected chi connectivity index (χ1v) is 6.87. The lowest BCUT2D eigenvalue weighted by atomic mass is 9.86. The normalized spacial score (nSPS) is 26.5. The number of nitrogens with one attached hydrogen (secondary N) is 1. The molecular formula is C13H22N4O2. The van der Waals surface area contributed by atoms with Gasteiger partial charge in [-0.15, -0.1) is 0 Å². The van der Waals surface area contributed by atoms with Crippen LogP contribution < -0.4 is 5.32 Å². The first-order chi connectivity index (χ1) is 9.14. The number of aliphatic hydroxyl groups is 1. The van der Waals surface area contributed by atoms with E-state index < -0.39 is 0 Å². The monoisotopic (exact) mass is 266 g/mol. The summed E-state index contributed by atoms with van der Waals surface area (Å²) in [5.41, 5.74) is -0.151. The van der Waals surface area contributed by atoms with Gasteiger partial charge >= 0.3 is 0 Å². The lowest BCUT2D eigenvalue weighted by molar-refractivity contribution is -0.122. The molecule has 6 nitrogen and oxygen atoms in total. The first kappa shape index (κ1) is 14.0. The van der Waals surface area contributed by atoms with Gasteiger partial charge in [-0.1, -0.05) is 13.3 Å². The molecule has 2 unspecified atom stereocenters. The topological polar surface area (TPSA) is 80.0 Å². The lowest BCUT2D eigenvalue weighted by Gasteiger charge is -2.30. The van der Waals surface area contributed by atoms with E-state index in [0.29, 0.717) is 13.0 Å². The molecule has 1 fully saturated rings. The van der Waals surface area contributed by atoms with Crippen molar-refractivity contribution < 1.29 is 9.90 Å². The fourth-order valence-corrected chi connectivity index (χ4v) is 2.68. The Morgan fingerprint density at radius 2 is 2.47 bits per heavy atom. The van der Waals surface area contributed by atoms with Gasteiger partial charge in [-0.2, -0.15) is 5.10 Å². The Bertz CT molecular complexity index is 407. The predicted molar refractivity (Wildman–Crippen MR) is 70.2 cm³/mol. The third kappa shape index (κ3) is 3.53. The highest BCUT2D eigenvalue weighted by atomic mass is 16.3. The van der Waals surface area contributed by atoms with Gasteiger partial charge in [-0.3, -0.25) is 9.48 Å². The van der Waals surface area contributed by atoms with Crippen molar-refractivity contribution in [3.8, 4) is 0 Å². The van der Waals surface area contributed by atoms with Gasteiger partial charge in [0.2, 0.25) is 5.91 Å². The van der Waals surface area contributed by atoms with Crippen molar-refractivity contribution in [1.82, 2.24) is 20.1 Å². The Morgan fingerprint density at radius 3 is 3.16 bits per heavy atom. The van der Waals surface area contributed by atoms with Crippen LogP contribution in [0.15, 0.2) is 12.7 Å². The van der Waals surface area contributed by atoms with Gasteiger partial charge in [0.1, 0.15) is 12.7 Å². The summed E-state index contributed by atoms with van der Waals surface area (Å²) in [6.45, 7) is 2.88. The SMILES string of the molecule is CC1(CO)CCCC1NC(=O)CCCn1cncn1. The fourth-order valence-electron chi connectivity index (χ4n) is 2.68. The van der Waals surface area contributed by atoms with Crippen LogP contribution in [0.2, 0.25) is 0 Å². The second-order valence-electron chi connectivity index (χ2n) is 5.59. The maximum absolute atomic E-state index is 11.9. The highest BCUT2D eigenvalue weighted by molar-refractivity contribution is 5.76. The third-order valence-corrected chi connectivity index (χ3v) is 4.04. The molecule has 0 saturated heterocycles. The molecule has 2 N–H and O–H groups in total. The summed E-state index contributed by atoms with van der Waals surface area (Å²) in [4.78, 5) is 15.7. The van der Waals surface area contributed by atoms with Gasteiger partial charge in [0.05, 0.1) is 6.61 Å². The van der Waals surface area contributed by atoms with Gasteiger partial charge < -0.3 is 10.4 Å². The summed E-state index contributed by atoms with van der Waals surface area (Å²) in [5, 5.41) is 16.5. The van der Waals surface area contributed by atoms with E-state index in [0.717, 1.165) is 25.7 Å². The summed E-state index contributed by atoms with van der Waals surface area (Å²) < 4.78 is 1.72. The number of carbonyl (C=O) groups excluding carboxylic acids is 1. The molecule has 1 heterocycles. The van der Waals surface area contributed by atoms with Crippen LogP contribution in [0.3, 0.4) is 0 Å². The predicted octanol–water partition coefficient (Wildman–Crippen LogP) is 0.726. The minimum atomic E-state index is -0.151. The minimum Gasteiger partial charge on any atom is -0.396 e. The van der Waals surface area contributed by atoms with E-state index in [1.54, 1.807) is 11.0 Å². The number of carbonyl (C=O) groups is 1. The highest BCUT2D eigenvalue weighted by Gasteiger charge is 2.38. The van der Waals surface area contributed by atoms with E-state index in [1.165, 1.54) is 6.33 Å². The van der Waals surface area contributed by atoms with Crippen molar-refractivity contribution in [3.63, 3.8) is 0 Å². The quantitative estimate of drug-likeness (QED) is 0.795. The number of rotatable bonds is 6. The van der Waals surface area contributed by atoms with Crippen LogP contribution in [0.1, 0.15) is 39.0 Å². The van der Waals surface area contributed by atoms with Gasteiger partial charge in [-0.05, 0) is 19.3 Å². The summed E-state index contributed by atoms with van der Waals surface area (Å²) in [5.74, 6) is 0.0618. The van der Waals surface area contributed by atoms with Gasteiger partial charge in [0.25, 0.3) is 0 Å². The standard InChI is InChI=1S/C13H22N4O2/c1-13(8-18)6-2-4-11(13)16-12(19)5-3-7-17-10-14-9-15-17/h9-11,18H,2-8H2,1H3,(H,16,19). The van der Waals surface area contributed by atoms with Crippen molar-refractivity contribution in [2.45, 2.75) is 51.6 Å². The number of amides is 1. The van der Waals surface area contributed by atoms with Crippen molar-refractivity contribution >= 4 is 5.91 Å². The van der Waals surface area contributed by atoms with Gasteiger partial charge in [-0.25, -0.2) is 4.98 Å². The zero-order valence-electron chi connectivity index (χ0n) is 11.4. The number of aromatic nitrogens is 3. The summed E-state index contributed by atoms with van der Waals surface area (Å²) in [7, 11) is 0. The fraction of sp³-hybridized carbons (Fsp3) is 0.769. The smallest absolute Gasteiger partial charge is 0.220 e. The average Bonchev–Trinajstić information content (AvgIpc) is 3.01. The molecule has 2 rings (SSSR count). The van der Waals surface area contributed by atoms with Crippen molar-refractivity contribution in [2.75, 3.05) is 6.61 Å². The number of hydrogen-bond donors (Lipinski definition) is 2. The van der Waals surface area contributed by atoms with Crippen LogP contribution in [-0.4, -0.2) is 38.4 Å². The summed E-state index contributed by atoms with van der Waals surface area (Å²) in [6.07, 6.45) is 7.39. The van der Waals surface area contributed by atoms with Crippen LogP contribution in [-0.2, 0) is 11.3 Å². The molecule has 0 radical (unpaired) electrons. The molecule has 1 aliphatic carbocycles. The average molecular weight is 266 g/mol. The second-order valence-corrected chi connectivity index (χ2v) is 5.59. The minimum absolute atomic E-state index is 0.0618. The number of nitrogens with zero attached hydrogens (tertiary/aromatic N) is 3. The molecule has 1 amide bonds. The van der Waals surface area contributed by atoms with E-state index in [-0.39, 0.29) is 24.0 Å². The van der Waals surface area contributed by atoms with Crippen LogP contribution >= 0.6 is 0 Å². The van der Waals surface area contributed by atoms with E-state index in [9.17, 15) is 9.90 Å². The third-order valence-electron chi connectivity index (χ3n) is 4.04. The Kier molecular flexibility index (Phi) is 4.52. The molecule has 0 bridgehead atoms. The summed E-state index contributed by atoms with van der Waals surface area (Å²) >= 11 is 0. The maximum atomic E-state index is 11.9. The molecule has 6 heteroatoms. The van der Waals surface area contributed by atoms with E-state index in [4.69, 9.17) is 0 Å². The Labute approximate surface area is 113 Å². The van der Waals surface area contributed by atoms with Gasteiger partial charge in [0.15, 0.2) is 0 Å². The second kappa shape index (κ2) is 6.14. The van der Waals surface area contributed by atoms with Crippen LogP contribution in [0.5, 0.6) is 0 Å². The first-order valence-electron chi connectivity index (χ1n) is 6.87. The summed E-state index contributed by atoms with van der Waals surface area (Å²) in [6, 6.07) is 0.108. The van der Waals surface area contributed by atoms with Crippen molar-refractivity contribution in [2.24, 2.45) is 5.41 Å². The lowest BCUT2D eigenvalue weighted by Crippen LogP contribution is -2.44. The molecule has 106 valence electrons. The van der Waals surface area contributed by atoms with E-state index in [1.807, 2.05) is 6.92 Å². The maximum Gasteiger partial charge on any atom is 0.220 e. The molecular weight excluding hydrogens is 244 g/mol. The Balaban J connectivity index is 1.72. The molecule has 1 aromatic rings. The van der Waals surface area contributed by atoms with Gasteiger partial charge in [0, 0.05) is 24.4 Å². The largest absolute Gasteiger partial charge is 0.396 e. The van der Waals surface area contributed by atoms with Crippen molar-refractivity contribution in [3.05, 3.63) is 12.7 Å². The molecule has 19 heavy (non-hydrogen) atoms. The molecule has 0 spiro atoms. The van der Waals surface area contributed by atoms with Crippen LogP contribution in [0.4, 0.5) is 0 Å².